The van der Waals surface area contributed by atoms with E-state index in [-0.39, 0.29) is 5.91 Å². The third-order valence-electron chi connectivity index (χ3n) is 3.42. The summed E-state index contributed by atoms with van der Waals surface area (Å²) in [5, 5.41) is 3.28. The second kappa shape index (κ2) is 5.89. The van der Waals surface area contributed by atoms with Gasteiger partial charge in [-0.25, -0.2) is 0 Å². The van der Waals surface area contributed by atoms with E-state index in [1.807, 2.05) is 30.0 Å². The SMILES string of the molecule is CCNc1ccc(C)cc1C(=O)N1CCCCC1. The average molecular weight is 246 g/mol. The van der Waals surface area contributed by atoms with E-state index in [1.54, 1.807) is 0 Å². The summed E-state index contributed by atoms with van der Waals surface area (Å²) < 4.78 is 0. The standard InChI is InChI=1S/C15H22N2O/c1-3-16-14-8-7-12(2)11-13(14)15(18)17-9-5-4-6-10-17/h7-8,11,16H,3-6,9-10H2,1-2H3. The van der Waals surface area contributed by atoms with Gasteiger partial charge in [0.1, 0.15) is 0 Å². The number of carbonyl (C=O) groups excluding carboxylic acids is 1. The molecule has 3 heteroatoms. The van der Waals surface area contributed by atoms with E-state index in [2.05, 4.69) is 12.2 Å². The predicted octanol–water partition coefficient (Wildman–Crippen LogP) is 3.05. The molecule has 1 aliphatic heterocycles. The van der Waals surface area contributed by atoms with E-state index in [1.165, 1.54) is 6.42 Å². The van der Waals surface area contributed by atoms with Crippen LogP contribution in [0.1, 0.15) is 42.1 Å². The molecule has 0 bridgehead atoms. The minimum atomic E-state index is 0.175. The van der Waals surface area contributed by atoms with Gasteiger partial charge in [-0.3, -0.25) is 4.79 Å². The molecule has 1 N–H and O–H groups in total. The van der Waals surface area contributed by atoms with Gasteiger partial charge in [0.2, 0.25) is 0 Å². The highest BCUT2D eigenvalue weighted by atomic mass is 16.2. The Kier molecular flexibility index (Phi) is 4.24. The van der Waals surface area contributed by atoms with Gasteiger partial charge in [-0.15, -0.1) is 0 Å². The quantitative estimate of drug-likeness (QED) is 0.889. The minimum absolute atomic E-state index is 0.175. The highest BCUT2D eigenvalue weighted by molar-refractivity contribution is 5.99. The first-order chi connectivity index (χ1) is 8.72. The van der Waals surface area contributed by atoms with E-state index < -0.39 is 0 Å². The van der Waals surface area contributed by atoms with Crippen LogP contribution in [0, 0.1) is 6.92 Å². The molecular formula is C15H22N2O. The number of benzene rings is 1. The summed E-state index contributed by atoms with van der Waals surface area (Å²) in [6.45, 7) is 6.72. The molecule has 1 aliphatic rings. The van der Waals surface area contributed by atoms with Gasteiger partial charge in [0.15, 0.2) is 0 Å². The normalized spacial score (nSPS) is 15.6. The van der Waals surface area contributed by atoms with E-state index in [0.717, 1.165) is 49.3 Å². The largest absolute Gasteiger partial charge is 0.385 e. The summed E-state index contributed by atoms with van der Waals surface area (Å²) in [7, 11) is 0. The van der Waals surface area contributed by atoms with Crippen LogP contribution in [0.25, 0.3) is 0 Å². The highest BCUT2D eigenvalue weighted by Crippen LogP contribution is 2.21. The molecule has 1 heterocycles. The molecule has 1 amide bonds. The fourth-order valence-electron chi connectivity index (χ4n) is 2.45. The lowest BCUT2D eigenvalue weighted by Gasteiger charge is -2.27. The summed E-state index contributed by atoms with van der Waals surface area (Å²) >= 11 is 0. The third-order valence-corrected chi connectivity index (χ3v) is 3.42. The lowest BCUT2D eigenvalue weighted by Crippen LogP contribution is -2.36. The number of anilines is 1. The maximum atomic E-state index is 12.5. The van der Waals surface area contributed by atoms with Crippen LogP contribution in [0.3, 0.4) is 0 Å². The molecule has 18 heavy (non-hydrogen) atoms. The Morgan fingerprint density at radius 2 is 2.00 bits per heavy atom. The second-order valence-corrected chi connectivity index (χ2v) is 4.93. The number of likely N-dealkylation sites (tertiary alicyclic amines) is 1. The van der Waals surface area contributed by atoms with Crippen molar-refractivity contribution >= 4 is 11.6 Å². The zero-order valence-corrected chi connectivity index (χ0v) is 11.3. The molecular weight excluding hydrogens is 224 g/mol. The van der Waals surface area contributed by atoms with Crippen molar-refractivity contribution < 1.29 is 4.79 Å². The maximum Gasteiger partial charge on any atom is 0.255 e. The van der Waals surface area contributed by atoms with E-state index in [4.69, 9.17) is 0 Å². The molecule has 1 aromatic rings. The van der Waals surface area contributed by atoms with Crippen molar-refractivity contribution in [2.45, 2.75) is 33.1 Å². The van der Waals surface area contributed by atoms with Crippen LogP contribution >= 0.6 is 0 Å². The van der Waals surface area contributed by atoms with Gasteiger partial charge < -0.3 is 10.2 Å². The van der Waals surface area contributed by atoms with Crippen molar-refractivity contribution in [3.05, 3.63) is 29.3 Å². The number of amides is 1. The monoisotopic (exact) mass is 246 g/mol. The molecule has 0 aliphatic carbocycles. The first-order valence-corrected chi connectivity index (χ1v) is 6.86. The number of aryl methyl sites for hydroxylation is 1. The molecule has 0 unspecified atom stereocenters. The molecule has 98 valence electrons. The fraction of sp³-hybridized carbons (Fsp3) is 0.533. The zero-order valence-electron chi connectivity index (χ0n) is 11.3. The molecule has 0 radical (unpaired) electrons. The van der Waals surface area contributed by atoms with Crippen LogP contribution in [0.4, 0.5) is 5.69 Å². The van der Waals surface area contributed by atoms with Crippen molar-refractivity contribution in [2.24, 2.45) is 0 Å². The van der Waals surface area contributed by atoms with Gasteiger partial charge in [0.25, 0.3) is 5.91 Å². The summed E-state index contributed by atoms with van der Waals surface area (Å²) in [6, 6.07) is 6.05. The van der Waals surface area contributed by atoms with Crippen LogP contribution in [0.5, 0.6) is 0 Å². The molecule has 0 aromatic heterocycles. The van der Waals surface area contributed by atoms with Gasteiger partial charge >= 0.3 is 0 Å². The van der Waals surface area contributed by atoms with Gasteiger partial charge in [-0.1, -0.05) is 11.6 Å². The number of nitrogens with one attached hydrogen (secondary N) is 1. The lowest BCUT2D eigenvalue weighted by molar-refractivity contribution is 0.0725. The van der Waals surface area contributed by atoms with Crippen LogP contribution in [0.15, 0.2) is 18.2 Å². The molecule has 1 aromatic carbocycles. The van der Waals surface area contributed by atoms with Gasteiger partial charge in [-0.2, -0.15) is 0 Å². The molecule has 0 atom stereocenters. The van der Waals surface area contributed by atoms with E-state index >= 15 is 0 Å². The summed E-state index contributed by atoms with van der Waals surface area (Å²) in [6.07, 6.45) is 3.51. The number of hydrogen-bond donors (Lipinski definition) is 1. The number of nitrogens with zero attached hydrogens (tertiary/aromatic N) is 1. The Labute approximate surface area is 109 Å². The number of rotatable bonds is 3. The van der Waals surface area contributed by atoms with Crippen molar-refractivity contribution in [2.75, 3.05) is 25.0 Å². The van der Waals surface area contributed by atoms with E-state index in [0.29, 0.717) is 0 Å². The summed E-state index contributed by atoms with van der Waals surface area (Å²) in [5.41, 5.74) is 2.91. The Balaban J connectivity index is 2.24. The van der Waals surface area contributed by atoms with Crippen LogP contribution in [-0.4, -0.2) is 30.4 Å². The fourth-order valence-corrected chi connectivity index (χ4v) is 2.45. The maximum absolute atomic E-state index is 12.5. The molecule has 1 fully saturated rings. The first-order valence-electron chi connectivity index (χ1n) is 6.86. The van der Waals surface area contributed by atoms with Crippen LogP contribution < -0.4 is 5.32 Å². The van der Waals surface area contributed by atoms with E-state index in [9.17, 15) is 4.79 Å². The highest BCUT2D eigenvalue weighted by Gasteiger charge is 2.20. The minimum Gasteiger partial charge on any atom is -0.385 e. The van der Waals surface area contributed by atoms with Crippen LogP contribution in [0.2, 0.25) is 0 Å². The molecule has 1 saturated heterocycles. The average Bonchev–Trinajstić information content (AvgIpc) is 2.41. The molecule has 0 saturated carbocycles. The van der Waals surface area contributed by atoms with Gasteiger partial charge in [0.05, 0.1) is 5.56 Å². The molecule has 2 rings (SSSR count). The Bertz CT molecular complexity index is 423. The lowest BCUT2D eigenvalue weighted by atomic mass is 10.1. The first kappa shape index (κ1) is 12.9. The number of piperidine rings is 1. The zero-order chi connectivity index (χ0) is 13.0. The van der Waals surface area contributed by atoms with Crippen molar-refractivity contribution in [1.82, 2.24) is 4.90 Å². The van der Waals surface area contributed by atoms with Crippen LogP contribution in [-0.2, 0) is 0 Å². The predicted molar refractivity (Wildman–Crippen MR) is 75.1 cm³/mol. The second-order valence-electron chi connectivity index (χ2n) is 4.93. The van der Waals surface area contributed by atoms with Crippen molar-refractivity contribution in [3.63, 3.8) is 0 Å². The molecule has 3 nitrogen and oxygen atoms in total. The number of hydrogen-bond acceptors (Lipinski definition) is 2. The van der Waals surface area contributed by atoms with Gasteiger partial charge in [-0.05, 0) is 45.2 Å². The Morgan fingerprint density at radius 1 is 1.28 bits per heavy atom. The Morgan fingerprint density at radius 3 is 2.67 bits per heavy atom. The molecule has 0 spiro atoms. The summed E-state index contributed by atoms with van der Waals surface area (Å²) in [4.78, 5) is 14.5. The Hall–Kier alpha value is -1.51. The van der Waals surface area contributed by atoms with Gasteiger partial charge in [0, 0.05) is 25.3 Å². The number of carbonyl (C=O) groups is 1. The topological polar surface area (TPSA) is 32.3 Å². The third kappa shape index (κ3) is 2.84. The summed E-state index contributed by atoms with van der Waals surface area (Å²) in [5.74, 6) is 0.175. The van der Waals surface area contributed by atoms with Crippen molar-refractivity contribution in [3.8, 4) is 0 Å². The van der Waals surface area contributed by atoms with Crippen molar-refractivity contribution in [1.29, 1.82) is 0 Å². The smallest absolute Gasteiger partial charge is 0.255 e.